The van der Waals surface area contributed by atoms with Crippen molar-refractivity contribution in [1.82, 2.24) is 0 Å². The first kappa shape index (κ1) is 23.3. The van der Waals surface area contributed by atoms with Crippen molar-refractivity contribution in [3.05, 3.63) is 22.8 Å². The molecule has 2 aliphatic carbocycles. The normalized spacial score (nSPS) is 24.1. The number of carbonyl (C=O) groups is 3. The number of ether oxygens (including phenoxy) is 3. The van der Waals surface area contributed by atoms with E-state index in [2.05, 4.69) is 13.8 Å². The van der Waals surface area contributed by atoms with Crippen LogP contribution in [-0.4, -0.2) is 25.0 Å². The lowest BCUT2D eigenvalue weighted by Gasteiger charge is -2.54. The van der Waals surface area contributed by atoms with Crippen LogP contribution in [0.3, 0.4) is 0 Å². The van der Waals surface area contributed by atoms with E-state index in [1.165, 1.54) is 21.0 Å². The molecule has 0 saturated heterocycles. The Morgan fingerprint density at radius 2 is 1.65 bits per heavy atom. The molecule has 1 fully saturated rings. The lowest BCUT2D eigenvalue weighted by atomic mass is 9.49. The molecule has 1 aromatic rings. The van der Waals surface area contributed by atoms with Gasteiger partial charge in [0, 0.05) is 25.0 Å². The number of hydrogen-bond donors (Lipinski definition) is 0. The molecular formula is C25H34O6. The van der Waals surface area contributed by atoms with E-state index in [-0.39, 0.29) is 34.7 Å². The van der Waals surface area contributed by atoms with E-state index in [0.29, 0.717) is 12.0 Å². The Balaban J connectivity index is 2.44. The fourth-order valence-corrected chi connectivity index (χ4v) is 5.92. The topological polar surface area (TPSA) is 78.9 Å². The summed E-state index contributed by atoms with van der Waals surface area (Å²) in [5.41, 5.74) is 1.39. The molecule has 0 aromatic heterocycles. The van der Waals surface area contributed by atoms with Crippen LogP contribution in [-0.2, 0) is 31.0 Å². The fourth-order valence-electron chi connectivity index (χ4n) is 5.92. The Bertz CT molecular complexity index is 913. The number of esters is 3. The van der Waals surface area contributed by atoms with Gasteiger partial charge >= 0.3 is 17.9 Å². The van der Waals surface area contributed by atoms with Crippen LogP contribution in [0, 0.1) is 11.3 Å². The summed E-state index contributed by atoms with van der Waals surface area (Å²) in [5.74, 6) is -0.833. The van der Waals surface area contributed by atoms with Crippen molar-refractivity contribution in [2.24, 2.45) is 11.3 Å². The molecule has 2 atom stereocenters. The van der Waals surface area contributed by atoms with Gasteiger partial charge in [-0.25, -0.2) is 0 Å². The van der Waals surface area contributed by atoms with E-state index in [0.717, 1.165) is 36.8 Å². The standard InChI is InChI=1S/C25H34O6/c1-14(2)18-13-17-9-10-19-24(5,6)11-8-12-25(19,23(28)29-7)20(17)22(31-16(4)27)21(18)30-15(3)26/h13-14,19H,8-12H2,1-7H3/t19?,25-/m1/s1. The maximum Gasteiger partial charge on any atom is 0.316 e. The molecule has 2 aliphatic rings. The highest BCUT2D eigenvalue weighted by Gasteiger charge is 2.59. The van der Waals surface area contributed by atoms with Crippen LogP contribution in [0.5, 0.6) is 11.5 Å². The number of hydrogen-bond acceptors (Lipinski definition) is 6. The molecule has 31 heavy (non-hydrogen) atoms. The van der Waals surface area contributed by atoms with Gasteiger partial charge < -0.3 is 14.2 Å². The molecule has 0 radical (unpaired) electrons. The number of carbonyl (C=O) groups excluding carboxylic acids is 3. The Hall–Kier alpha value is -2.37. The zero-order chi connectivity index (χ0) is 23.1. The Kier molecular flexibility index (Phi) is 6.23. The smallest absolute Gasteiger partial charge is 0.316 e. The van der Waals surface area contributed by atoms with Crippen molar-refractivity contribution in [1.29, 1.82) is 0 Å². The van der Waals surface area contributed by atoms with Gasteiger partial charge in [-0.15, -0.1) is 0 Å². The minimum Gasteiger partial charge on any atom is -0.468 e. The third kappa shape index (κ3) is 3.85. The van der Waals surface area contributed by atoms with Gasteiger partial charge in [0.15, 0.2) is 11.5 Å². The third-order valence-electron chi connectivity index (χ3n) is 7.09. The minimum atomic E-state index is -0.945. The third-order valence-corrected chi connectivity index (χ3v) is 7.09. The number of benzene rings is 1. The highest BCUT2D eigenvalue weighted by Crippen LogP contribution is 2.61. The van der Waals surface area contributed by atoms with Crippen LogP contribution >= 0.6 is 0 Å². The molecule has 0 aliphatic heterocycles. The van der Waals surface area contributed by atoms with E-state index in [4.69, 9.17) is 14.2 Å². The number of rotatable bonds is 4. The van der Waals surface area contributed by atoms with E-state index in [1.807, 2.05) is 19.9 Å². The second kappa shape index (κ2) is 8.29. The molecule has 0 spiro atoms. The SMILES string of the molecule is COC(=O)[C@]12CCCC(C)(C)C1CCc1cc(C(C)C)c(OC(C)=O)c(OC(C)=O)c12. The van der Waals surface area contributed by atoms with Gasteiger partial charge in [-0.3, -0.25) is 14.4 Å². The highest BCUT2D eigenvalue weighted by atomic mass is 16.6. The molecule has 6 heteroatoms. The summed E-state index contributed by atoms with van der Waals surface area (Å²) < 4.78 is 16.7. The fraction of sp³-hybridized carbons (Fsp3) is 0.640. The van der Waals surface area contributed by atoms with Gasteiger partial charge in [0.25, 0.3) is 0 Å². The zero-order valence-electron chi connectivity index (χ0n) is 19.7. The number of methoxy groups -OCH3 is 1. The van der Waals surface area contributed by atoms with Crippen molar-refractivity contribution in [3.63, 3.8) is 0 Å². The molecule has 3 rings (SSSR count). The summed E-state index contributed by atoms with van der Waals surface area (Å²) in [5, 5.41) is 0. The predicted octanol–water partition coefficient (Wildman–Crippen LogP) is 4.84. The van der Waals surface area contributed by atoms with Crippen molar-refractivity contribution < 1.29 is 28.6 Å². The summed E-state index contributed by atoms with van der Waals surface area (Å²) in [6, 6.07) is 2.02. The zero-order valence-corrected chi connectivity index (χ0v) is 19.7. The van der Waals surface area contributed by atoms with Gasteiger partial charge in [0.1, 0.15) is 5.41 Å². The van der Waals surface area contributed by atoms with Gasteiger partial charge in [0.05, 0.1) is 7.11 Å². The Labute approximate surface area is 184 Å². The molecule has 0 N–H and O–H groups in total. The first-order chi connectivity index (χ1) is 14.5. The lowest BCUT2D eigenvalue weighted by molar-refractivity contribution is -0.157. The second-order valence-electron chi connectivity index (χ2n) is 9.90. The van der Waals surface area contributed by atoms with E-state index >= 15 is 0 Å². The first-order valence-electron chi connectivity index (χ1n) is 11.1. The summed E-state index contributed by atoms with van der Waals surface area (Å²) >= 11 is 0. The van der Waals surface area contributed by atoms with Gasteiger partial charge in [-0.2, -0.15) is 0 Å². The second-order valence-corrected chi connectivity index (χ2v) is 9.90. The maximum absolute atomic E-state index is 13.5. The summed E-state index contributed by atoms with van der Waals surface area (Å²) in [7, 11) is 1.41. The monoisotopic (exact) mass is 430 g/mol. The van der Waals surface area contributed by atoms with Crippen LogP contribution in [0.4, 0.5) is 0 Å². The molecule has 1 saturated carbocycles. The number of aryl methyl sites for hydroxylation is 1. The van der Waals surface area contributed by atoms with Gasteiger partial charge in [0.2, 0.25) is 0 Å². The maximum atomic E-state index is 13.5. The Morgan fingerprint density at radius 1 is 1.03 bits per heavy atom. The summed E-state index contributed by atoms with van der Waals surface area (Å²) in [4.78, 5) is 37.7. The molecule has 6 nitrogen and oxygen atoms in total. The van der Waals surface area contributed by atoms with Gasteiger partial charge in [-0.05, 0) is 48.5 Å². The lowest BCUT2D eigenvalue weighted by Crippen LogP contribution is -2.55. The van der Waals surface area contributed by atoms with Crippen LogP contribution in [0.15, 0.2) is 6.07 Å². The van der Waals surface area contributed by atoms with Crippen molar-refractivity contribution in [2.45, 2.75) is 85.0 Å². The van der Waals surface area contributed by atoms with Crippen LogP contribution in [0.2, 0.25) is 0 Å². The van der Waals surface area contributed by atoms with Crippen LogP contribution in [0.1, 0.15) is 89.8 Å². The van der Waals surface area contributed by atoms with Crippen molar-refractivity contribution >= 4 is 17.9 Å². The molecule has 170 valence electrons. The van der Waals surface area contributed by atoms with Crippen molar-refractivity contribution in [3.8, 4) is 11.5 Å². The first-order valence-corrected chi connectivity index (χ1v) is 11.1. The average Bonchev–Trinajstić information content (AvgIpc) is 2.66. The van der Waals surface area contributed by atoms with Crippen molar-refractivity contribution in [2.75, 3.05) is 7.11 Å². The van der Waals surface area contributed by atoms with E-state index < -0.39 is 17.4 Å². The average molecular weight is 431 g/mol. The van der Waals surface area contributed by atoms with E-state index in [1.54, 1.807) is 0 Å². The minimum absolute atomic E-state index is 0.0260. The Morgan fingerprint density at radius 3 is 2.19 bits per heavy atom. The quantitative estimate of drug-likeness (QED) is 0.502. The molecule has 1 aromatic carbocycles. The summed E-state index contributed by atoms with van der Waals surface area (Å²) in [6.45, 7) is 11.0. The van der Waals surface area contributed by atoms with Crippen LogP contribution in [0.25, 0.3) is 0 Å². The summed E-state index contributed by atoms with van der Waals surface area (Å²) in [6.07, 6.45) is 4.08. The molecule has 0 bridgehead atoms. The van der Waals surface area contributed by atoms with E-state index in [9.17, 15) is 14.4 Å². The molecular weight excluding hydrogens is 396 g/mol. The molecule has 0 heterocycles. The molecule has 1 unspecified atom stereocenters. The largest absolute Gasteiger partial charge is 0.468 e. The highest BCUT2D eigenvalue weighted by molar-refractivity contribution is 5.88. The van der Waals surface area contributed by atoms with Crippen LogP contribution < -0.4 is 9.47 Å². The molecule has 0 amide bonds. The van der Waals surface area contributed by atoms with Gasteiger partial charge in [-0.1, -0.05) is 40.2 Å². The predicted molar refractivity (Wildman–Crippen MR) is 116 cm³/mol. The number of fused-ring (bicyclic) bond motifs is 3.